The smallest absolute Gasteiger partial charge is 0.272 e. The summed E-state index contributed by atoms with van der Waals surface area (Å²) in [7, 11) is -4.12. The van der Waals surface area contributed by atoms with Gasteiger partial charge in [-0.2, -0.15) is 9.40 Å². The summed E-state index contributed by atoms with van der Waals surface area (Å²) in [4.78, 5) is 12.3. The zero-order chi connectivity index (χ0) is 18.9. The van der Waals surface area contributed by atoms with E-state index in [1.165, 1.54) is 35.9 Å². The lowest BCUT2D eigenvalue weighted by atomic mass is 10.3. The number of benzene rings is 2. The zero-order valence-corrected chi connectivity index (χ0v) is 15.1. The molecule has 0 aliphatic heterocycles. The van der Waals surface area contributed by atoms with Crippen molar-refractivity contribution in [2.24, 2.45) is 0 Å². The van der Waals surface area contributed by atoms with Gasteiger partial charge in [-0.15, -0.1) is 0 Å². The minimum absolute atomic E-state index is 0.0274. The van der Waals surface area contributed by atoms with Gasteiger partial charge in [0.05, 0.1) is 16.3 Å². The topological polar surface area (TPSA) is 98.3 Å². The fraction of sp³-hybridized carbons (Fsp3) is 0.111. The highest BCUT2D eigenvalue weighted by atomic mass is 32.2. The Hall–Kier alpha value is -3.13. The van der Waals surface area contributed by atoms with Crippen molar-refractivity contribution in [3.8, 4) is 5.69 Å². The van der Waals surface area contributed by atoms with Crippen LogP contribution in [0, 0.1) is 6.92 Å². The van der Waals surface area contributed by atoms with Gasteiger partial charge >= 0.3 is 0 Å². The van der Waals surface area contributed by atoms with Crippen molar-refractivity contribution in [1.82, 2.24) is 9.78 Å². The average Bonchev–Trinajstić information content (AvgIpc) is 2.96. The maximum absolute atomic E-state index is 13.1. The molecule has 1 aromatic heterocycles. The predicted octanol–water partition coefficient (Wildman–Crippen LogP) is 2.50. The molecule has 2 aromatic carbocycles. The molecule has 0 spiro atoms. The van der Waals surface area contributed by atoms with Crippen LogP contribution >= 0.6 is 0 Å². The third-order valence-electron chi connectivity index (χ3n) is 3.73. The first-order valence-electron chi connectivity index (χ1n) is 7.84. The Morgan fingerprint density at radius 1 is 1.08 bits per heavy atom. The third kappa shape index (κ3) is 3.18. The van der Waals surface area contributed by atoms with Crippen LogP contribution in [-0.2, 0) is 14.8 Å². The van der Waals surface area contributed by atoms with Gasteiger partial charge < -0.3 is 5.73 Å². The highest BCUT2D eigenvalue weighted by molar-refractivity contribution is 7.93. The Bertz CT molecular complexity index is 1040. The number of nitrogens with two attached hydrogens (primary N) is 1. The fourth-order valence-corrected chi connectivity index (χ4v) is 3.99. The minimum atomic E-state index is -4.12. The van der Waals surface area contributed by atoms with Gasteiger partial charge in [0.25, 0.3) is 10.0 Å². The number of nitrogen functional groups attached to an aromatic ring is 1. The van der Waals surface area contributed by atoms with Crippen LogP contribution in [0.5, 0.6) is 0 Å². The molecule has 134 valence electrons. The average molecular weight is 370 g/mol. The number of rotatable bonds is 4. The van der Waals surface area contributed by atoms with E-state index in [0.717, 1.165) is 4.31 Å². The Kier molecular flexibility index (Phi) is 4.52. The summed E-state index contributed by atoms with van der Waals surface area (Å²) in [5.41, 5.74) is 7.30. The largest absolute Gasteiger partial charge is 0.399 e. The molecule has 0 aliphatic rings. The van der Waals surface area contributed by atoms with Gasteiger partial charge in [0.15, 0.2) is 5.82 Å². The molecule has 3 aromatic rings. The van der Waals surface area contributed by atoms with Crippen molar-refractivity contribution >= 4 is 27.4 Å². The Morgan fingerprint density at radius 2 is 1.69 bits per heavy atom. The fourth-order valence-electron chi connectivity index (χ4n) is 2.59. The van der Waals surface area contributed by atoms with E-state index in [0.29, 0.717) is 17.1 Å². The van der Waals surface area contributed by atoms with Crippen molar-refractivity contribution in [2.75, 3.05) is 10.0 Å². The maximum Gasteiger partial charge on any atom is 0.272 e. The molecule has 8 heteroatoms. The molecule has 0 saturated heterocycles. The van der Waals surface area contributed by atoms with Gasteiger partial charge in [-0.05, 0) is 43.3 Å². The Morgan fingerprint density at radius 3 is 2.27 bits per heavy atom. The second kappa shape index (κ2) is 6.64. The van der Waals surface area contributed by atoms with Gasteiger partial charge in [0, 0.05) is 18.7 Å². The molecule has 1 amide bonds. The lowest BCUT2D eigenvalue weighted by Gasteiger charge is -2.21. The van der Waals surface area contributed by atoms with Gasteiger partial charge in [0.1, 0.15) is 0 Å². The number of carbonyl (C=O) groups excluding carboxylic acids is 1. The second-order valence-electron chi connectivity index (χ2n) is 5.75. The summed E-state index contributed by atoms with van der Waals surface area (Å²) < 4.78 is 28.4. The number of para-hydroxylation sites is 1. The Labute approximate surface area is 151 Å². The molecular weight excluding hydrogens is 352 g/mol. The van der Waals surface area contributed by atoms with E-state index >= 15 is 0 Å². The summed E-state index contributed by atoms with van der Waals surface area (Å²) in [5.74, 6) is -0.489. The predicted molar refractivity (Wildman–Crippen MR) is 99.5 cm³/mol. The molecule has 26 heavy (non-hydrogen) atoms. The molecule has 0 saturated carbocycles. The molecule has 0 unspecified atom stereocenters. The normalized spacial score (nSPS) is 11.3. The number of nitrogens with zero attached hydrogens (tertiary/aromatic N) is 3. The standard InChI is InChI=1S/C18H18N4O3S/c1-13-12-18(21(20-13)16-6-4-3-5-7-16)22(14(2)23)26(24,25)17-10-8-15(19)9-11-17/h3-12H,19H2,1-2H3. The first kappa shape index (κ1) is 17.7. The van der Waals surface area contributed by atoms with Gasteiger partial charge in [0.2, 0.25) is 5.91 Å². The van der Waals surface area contributed by atoms with E-state index in [9.17, 15) is 13.2 Å². The summed E-state index contributed by atoms with van der Waals surface area (Å²) in [5, 5.41) is 4.34. The van der Waals surface area contributed by atoms with Crippen molar-refractivity contribution in [1.29, 1.82) is 0 Å². The molecule has 0 atom stereocenters. The monoisotopic (exact) mass is 370 g/mol. The van der Waals surface area contributed by atoms with Crippen LogP contribution in [0.25, 0.3) is 5.69 Å². The van der Waals surface area contributed by atoms with Crippen LogP contribution in [0.2, 0.25) is 0 Å². The molecule has 0 aliphatic carbocycles. The molecule has 1 heterocycles. The second-order valence-corrected chi connectivity index (χ2v) is 7.54. The first-order valence-corrected chi connectivity index (χ1v) is 9.28. The lowest BCUT2D eigenvalue weighted by Crippen LogP contribution is -2.36. The van der Waals surface area contributed by atoms with E-state index in [1.54, 1.807) is 25.1 Å². The molecule has 0 radical (unpaired) electrons. The number of anilines is 2. The molecule has 2 N–H and O–H groups in total. The number of aryl methyl sites for hydroxylation is 1. The number of amides is 1. The highest BCUT2D eigenvalue weighted by Crippen LogP contribution is 2.27. The zero-order valence-electron chi connectivity index (χ0n) is 14.3. The molecular formula is C18H18N4O3S. The van der Waals surface area contributed by atoms with E-state index in [-0.39, 0.29) is 10.7 Å². The molecule has 7 nitrogen and oxygen atoms in total. The van der Waals surface area contributed by atoms with Crippen molar-refractivity contribution in [3.05, 3.63) is 66.4 Å². The van der Waals surface area contributed by atoms with Crippen LogP contribution < -0.4 is 10.0 Å². The number of carbonyl (C=O) groups is 1. The minimum Gasteiger partial charge on any atom is -0.399 e. The molecule has 0 fully saturated rings. The molecule has 0 bridgehead atoms. The SMILES string of the molecule is CC(=O)N(c1cc(C)nn1-c1ccccc1)S(=O)(=O)c1ccc(N)cc1. The van der Waals surface area contributed by atoms with Gasteiger partial charge in [-0.25, -0.2) is 13.1 Å². The van der Waals surface area contributed by atoms with E-state index < -0.39 is 15.9 Å². The number of aromatic nitrogens is 2. The maximum atomic E-state index is 13.1. The number of hydrogen-bond acceptors (Lipinski definition) is 5. The number of sulfonamides is 1. The first-order chi connectivity index (χ1) is 12.3. The summed E-state index contributed by atoms with van der Waals surface area (Å²) in [6.07, 6.45) is 0. The highest BCUT2D eigenvalue weighted by Gasteiger charge is 2.32. The summed E-state index contributed by atoms with van der Waals surface area (Å²) in [6.45, 7) is 2.93. The number of hydrogen-bond donors (Lipinski definition) is 1. The van der Waals surface area contributed by atoms with E-state index in [4.69, 9.17) is 5.73 Å². The summed E-state index contributed by atoms with van der Waals surface area (Å²) >= 11 is 0. The van der Waals surface area contributed by atoms with Crippen LogP contribution in [-0.4, -0.2) is 24.1 Å². The van der Waals surface area contributed by atoms with Crippen LogP contribution in [0.15, 0.2) is 65.6 Å². The van der Waals surface area contributed by atoms with Crippen LogP contribution in [0.1, 0.15) is 12.6 Å². The van der Waals surface area contributed by atoms with E-state index in [1.807, 2.05) is 18.2 Å². The van der Waals surface area contributed by atoms with Crippen molar-refractivity contribution in [3.63, 3.8) is 0 Å². The van der Waals surface area contributed by atoms with Gasteiger partial charge in [-0.3, -0.25) is 4.79 Å². The Balaban J connectivity index is 2.19. The third-order valence-corrected chi connectivity index (χ3v) is 5.52. The van der Waals surface area contributed by atoms with E-state index in [2.05, 4.69) is 5.10 Å². The van der Waals surface area contributed by atoms with Crippen LogP contribution in [0.4, 0.5) is 11.5 Å². The quantitative estimate of drug-likeness (QED) is 0.712. The van der Waals surface area contributed by atoms with Crippen LogP contribution in [0.3, 0.4) is 0 Å². The van der Waals surface area contributed by atoms with Gasteiger partial charge in [-0.1, -0.05) is 18.2 Å². The summed E-state index contributed by atoms with van der Waals surface area (Å²) in [6, 6.07) is 16.3. The van der Waals surface area contributed by atoms with Crippen molar-refractivity contribution in [2.45, 2.75) is 18.7 Å². The lowest BCUT2D eigenvalue weighted by molar-refractivity contribution is -0.115. The molecule has 3 rings (SSSR count). The van der Waals surface area contributed by atoms with Crippen molar-refractivity contribution < 1.29 is 13.2 Å².